The van der Waals surface area contributed by atoms with Gasteiger partial charge in [-0.25, -0.2) is 0 Å². The molecule has 0 bridgehead atoms. The molecule has 0 atom stereocenters. The second kappa shape index (κ2) is 8.52. The van der Waals surface area contributed by atoms with Crippen LogP contribution in [0.15, 0.2) is 54.6 Å². The van der Waals surface area contributed by atoms with Gasteiger partial charge in [0.25, 0.3) is 5.91 Å². The number of amides is 2. The van der Waals surface area contributed by atoms with Crippen LogP contribution in [0.4, 0.5) is 11.4 Å². The summed E-state index contributed by atoms with van der Waals surface area (Å²) in [7, 11) is 0. The molecule has 2 aromatic carbocycles. The molecule has 0 aromatic heterocycles. The number of carbonyl (C=O) groups excluding carboxylic acids is 2. The van der Waals surface area contributed by atoms with Gasteiger partial charge >= 0.3 is 0 Å². The standard InChI is InChI=1S/C21H25N3O2/c1-2-24(19-8-4-3-5-9-19)20(25)16-22-18-12-10-17(11-13-18)21(26)23-14-6-7-15-23/h3-5,8-13,22H,2,6-7,14-16H2,1H3. The fourth-order valence-corrected chi connectivity index (χ4v) is 3.22. The molecule has 0 saturated carbocycles. The Morgan fingerprint density at radius 1 is 1.00 bits per heavy atom. The third kappa shape index (κ3) is 4.23. The first-order valence-corrected chi connectivity index (χ1v) is 9.17. The lowest BCUT2D eigenvalue weighted by Gasteiger charge is -2.21. The zero-order chi connectivity index (χ0) is 18.4. The van der Waals surface area contributed by atoms with Crippen LogP contribution in [0.3, 0.4) is 0 Å². The number of hydrogen-bond donors (Lipinski definition) is 1. The van der Waals surface area contributed by atoms with Crippen molar-refractivity contribution < 1.29 is 9.59 Å². The first-order valence-electron chi connectivity index (χ1n) is 9.17. The number of anilines is 2. The number of rotatable bonds is 6. The fourth-order valence-electron chi connectivity index (χ4n) is 3.22. The second-order valence-electron chi connectivity index (χ2n) is 6.40. The molecule has 26 heavy (non-hydrogen) atoms. The van der Waals surface area contributed by atoms with Gasteiger partial charge in [-0.1, -0.05) is 18.2 Å². The Hall–Kier alpha value is -2.82. The molecule has 0 unspecified atom stereocenters. The van der Waals surface area contributed by atoms with E-state index in [4.69, 9.17) is 0 Å². The van der Waals surface area contributed by atoms with Crippen molar-refractivity contribution in [1.82, 2.24) is 4.90 Å². The smallest absolute Gasteiger partial charge is 0.253 e. The minimum atomic E-state index is 0.0101. The van der Waals surface area contributed by atoms with Crippen molar-refractivity contribution in [2.24, 2.45) is 0 Å². The van der Waals surface area contributed by atoms with Gasteiger partial charge in [-0.15, -0.1) is 0 Å². The van der Waals surface area contributed by atoms with Crippen LogP contribution < -0.4 is 10.2 Å². The number of nitrogens with one attached hydrogen (secondary N) is 1. The maximum atomic E-state index is 12.5. The van der Waals surface area contributed by atoms with Crippen LogP contribution in [0.2, 0.25) is 0 Å². The number of likely N-dealkylation sites (N-methyl/N-ethyl adjacent to an activating group) is 1. The Morgan fingerprint density at radius 2 is 1.65 bits per heavy atom. The molecule has 0 radical (unpaired) electrons. The second-order valence-corrected chi connectivity index (χ2v) is 6.40. The topological polar surface area (TPSA) is 52.7 Å². The Morgan fingerprint density at radius 3 is 2.27 bits per heavy atom. The van der Waals surface area contributed by atoms with Crippen molar-refractivity contribution in [2.75, 3.05) is 36.4 Å². The van der Waals surface area contributed by atoms with Gasteiger partial charge in [0.15, 0.2) is 0 Å². The number of para-hydroxylation sites is 1. The summed E-state index contributed by atoms with van der Waals surface area (Å²) in [6.07, 6.45) is 2.17. The average Bonchev–Trinajstić information content (AvgIpc) is 3.22. The Kier molecular flexibility index (Phi) is 5.89. The van der Waals surface area contributed by atoms with E-state index in [1.165, 1.54) is 0 Å². The lowest BCUT2D eigenvalue weighted by molar-refractivity contribution is -0.116. The quantitative estimate of drug-likeness (QED) is 0.868. The predicted molar refractivity (Wildman–Crippen MR) is 105 cm³/mol. The van der Waals surface area contributed by atoms with E-state index in [9.17, 15) is 9.59 Å². The number of benzene rings is 2. The maximum absolute atomic E-state index is 12.5. The molecule has 136 valence electrons. The van der Waals surface area contributed by atoms with E-state index in [-0.39, 0.29) is 18.4 Å². The third-order valence-corrected chi connectivity index (χ3v) is 4.65. The van der Waals surface area contributed by atoms with Crippen LogP contribution in [0.1, 0.15) is 30.1 Å². The normalized spacial score (nSPS) is 13.5. The van der Waals surface area contributed by atoms with E-state index in [1.807, 2.05) is 66.4 Å². The summed E-state index contributed by atoms with van der Waals surface area (Å²) in [6, 6.07) is 17.0. The van der Waals surface area contributed by atoms with E-state index < -0.39 is 0 Å². The van der Waals surface area contributed by atoms with Crippen molar-refractivity contribution >= 4 is 23.2 Å². The van der Waals surface area contributed by atoms with Crippen molar-refractivity contribution in [3.8, 4) is 0 Å². The van der Waals surface area contributed by atoms with Crippen LogP contribution in [-0.2, 0) is 4.79 Å². The first kappa shape index (κ1) is 18.0. The molecule has 0 aliphatic carbocycles. The van der Waals surface area contributed by atoms with Crippen LogP contribution in [0.25, 0.3) is 0 Å². The molecule has 1 aliphatic heterocycles. The fraction of sp³-hybridized carbons (Fsp3) is 0.333. The van der Waals surface area contributed by atoms with Gasteiger partial charge in [-0.05, 0) is 56.2 Å². The number of carbonyl (C=O) groups is 2. The molecule has 1 heterocycles. The van der Waals surface area contributed by atoms with Gasteiger partial charge in [0, 0.05) is 36.6 Å². The Bertz CT molecular complexity index is 738. The van der Waals surface area contributed by atoms with Crippen molar-refractivity contribution in [2.45, 2.75) is 19.8 Å². The van der Waals surface area contributed by atoms with Gasteiger partial charge in [-0.2, -0.15) is 0 Å². The number of hydrogen-bond acceptors (Lipinski definition) is 3. The summed E-state index contributed by atoms with van der Waals surface area (Å²) in [5.41, 5.74) is 2.43. The largest absolute Gasteiger partial charge is 0.376 e. The van der Waals surface area contributed by atoms with Gasteiger partial charge in [0.2, 0.25) is 5.91 Å². The highest BCUT2D eigenvalue weighted by molar-refractivity contribution is 5.96. The minimum Gasteiger partial charge on any atom is -0.376 e. The molecule has 2 amide bonds. The van der Waals surface area contributed by atoms with E-state index in [2.05, 4.69) is 5.32 Å². The summed E-state index contributed by atoms with van der Waals surface area (Å²) >= 11 is 0. The minimum absolute atomic E-state index is 0.0101. The van der Waals surface area contributed by atoms with Gasteiger partial charge in [0.05, 0.1) is 6.54 Å². The van der Waals surface area contributed by atoms with Crippen LogP contribution in [0, 0.1) is 0 Å². The molecule has 3 rings (SSSR count). The zero-order valence-corrected chi connectivity index (χ0v) is 15.1. The molecule has 1 saturated heterocycles. The SMILES string of the molecule is CCN(C(=O)CNc1ccc(C(=O)N2CCCC2)cc1)c1ccccc1. The summed E-state index contributed by atoms with van der Waals surface area (Å²) in [6.45, 7) is 4.49. The summed E-state index contributed by atoms with van der Waals surface area (Å²) in [4.78, 5) is 28.5. The van der Waals surface area contributed by atoms with Crippen molar-refractivity contribution in [3.63, 3.8) is 0 Å². The molecule has 0 spiro atoms. The van der Waals surface area contributed by atoms with Gasteiger partial charge in [0.1, 0.15) is 0 Å². The summed E-state index contributed by atoms with van der Waals surface area (Å²) < 4.78 is 0. The molecule has 5 heteroatoms. The maximum Gasteiger partial charge on any atom is 0.253 e. The Balaban J connectivity index is 1.57. The highest BCUT2D eigenvalue weighted by atomic mass is 16.2. The molecule has 1 N–H and O–H groups in total. The molecule has 1 fully saturated rings. The van der Waals surface area contributed by atoms with E-state index in [1.54, 1.807) is 4.90 Å². The molecular weight excluding hydrogens is 326 g/mol. The van der Waals surface area contributed by atoms with Gasteiger partial charge < -0.3 is 15.1 Å². The zero-order valence-electron chi connectivity index (χ0n) is 15.1. The van der Waals surface area contributed by atoms with Crippen LogP contribution >= 0.6 is 0 Å². The lowest BCUT2D eigenvalue weighted by Crippen LogP contribution is -2.35. The highest BCUT2D eigenvalue weighted by Crippen LogP contribution is 2.16. The number of likely N-dealkylation sites (tertiary alicyclic amines) is 1. The third-order valence-electron chi connectivity index (χ3n) is 4.65. The molecule has 5 nitrogen and oxygen atoms in total. The summed E-state index contributed by atoms with van der Waals surface area (Å²) in [5, 5.41) is 3.15. The monoisotopic (exact) mass is 351 g/mol. The lowest BCUT2D eigenvalue weighted by atomic mass is 10.2. The average molecular weight is 351 g/mol. The first-order chi connectivity index (χ1) is 12.7. The van der Waals surface area contributed by atoms with Gasteiger partial charge in [-0.3, -0.25) is 9.59 Å². The molecular formula is C21H25N3O2. The van der Waals surface area contributed by atoms with Crippen LogP contribution in [0.5, 0.6) is 0 Å². The highest BCUT2D eigenvalue weighted by Gasteiger charge is 2.19. The molecule has 2 aromatic rings. The van der Waals surface area contributed by atoms with E-state index in [0.717, 1.165) is 37.3 Å². The van der Waals surface area contributed by atoms with Crippen molar-refractivity contribution in [3.05, 3.63) is 60.2 Å². The molecule has 1 aliphatic rings. The summed E-state index contributed by atoms with van der Waals surface area (Å²) in [5.74, 6) is 0.0993. The Labute approximate surface area is 154 Å². The van der Waals surface area contributed by atoms with E-state index in [0.29, 0.717) is 12.1 Å². The number of nitrogens with zero attached hydrogens (tertiary/aromatic N) is 2. The predicted octanol–water partition coefficient (Wildman–Crippen LogP) is 3.39. The van der Waals surface area contributed by atoms with Crippen LogP contribution in [-0.4, -0.2) is 42.9 Å². The van der Waals surface area contributed by atoms with Crippen molar-refractivity contribution in [1.29, 1.82) is 0 Å². The van der Waals surface area contributed by atoms with E-state index >= 15 is 0 Å².